The largest absolute Gasteiger partial charge is 0.306 e. The van der Waals surface area contributed by atoms with E-state index in [9.17, 15) is 0 Å². The Kier molecular flexibility index (Phi) is 2.65. The fourth-order valence-electron chi connectivity index (χ4n) is 2.16. The summed E-state index contributed by atoms with van der Waals surface area (Å²) in [4.78, 5) is 2.43. The van der Waals surface area contributed by atoms with Crippen LogP contribution in [0.4, 0.5) is 0 Å². The summed E-state index contributed by atoms with van der Waals surface area (Å²) in [5, 5.41) is 0. The number of hydrogen-bond donors (Lipinski definition) is 0. The van der Waals surface area contributed by atoms with E-state index in [-0.39, 0.29) is 0 Å². The monoisotopic (exact) mass is 175 g/mol. The molecule has 2 rings (SSSR count). The second-order valence-corrected chi connectivity index (χ2v) is 4.01. The van der Waals surface area contributed by atoms with Gasteiger partial charge in [-0.3, -0.25) is 0 Å². The lowest BCUT2D eigenvalue weighted by molar-refractivity contribution is 0.251. The van der Waals surface area contributed by atoms with Crippen molar-refractivity contribution in [2.75, 3.05) is 20.1 Å². The lowest BCUT2D eigenvalue weighted by atomic mass is 9.91. The van der Waals surface area contributed by atoms with Crippen molar-refractivity contribution in [3.8, 4) is 0 Å². The molecule has 0 radical (unpaired) electrons. The van der Waals surface area contributed by atoms with Crippen LogP contribution in [0.15, 0.2) is 30.3 Å². The second-order valence-electron chi connectivity index (χ2n) is 4.01. The number of nitrogens with zero attached hydrogens (tertiary/aromatic N) is 1. The molecule has 1 aromatic carbocycles. The molecule has 1 atom stereocenters. The lowest BCUT2D eigenvalue weighted by Crippen LogP contribution is -2.30. The number of rotatable bonds is 1. The third-order valence-corrected chi connectivity index (χ3v) is 2.90. The van der Waals surface area contributed by atoms with Crippen molar-refractivity contribution in [1.82, 2.24) is 4.90 Å². The molecule has 0 amide bonds. The van der Waals surface area contributed by atoms with E-state index in [1.54, 1.807) is 0 Å². The maximum absolute atomic E-state index is 2.43. The first-order valence-corrected chi connectivity index (χ1v) is 5.10. The first-order valence-electron chi connectivity index (χ1n) is 5.10. The smallest absolute Gasteiger partial charge is 0.00472 e. The zero-order valence-corrected chi connectivity index (χ0v) is 8.24. The van der Waals surface area contributed by atoms with Crippen molar-refractivity contribution in [3.63, 3.8) is 0 Å². The molecule has 0 bridgehead atoms. The van der Waals surface area contributed by atoms with E-state index in [1.165, 1.54) is 31.5 Å². The molecule has 1 heteroatoms. The van der Waals surface area contributed by atoms with Crippen LogP contribution in [-0.2, 0) is 0 Å². The highest BCUT2D eigenvalue weighted by atomic mass is 15.1. The van der Waals surface area contributed by atoms with Gasteiger partial charge in [0.1, 0.15) is 0 Å². The maximum atomic E-state index is 2.43. The quantitative estimate of drug-likeness (QED) is 0.634. The van der Waals surface area contributed by atoms with E-state index in [1.807, 2.05) is 0 Å². The number of likely N-dealkylation sites (tertiary alicyclic amines) is 1. The molecule has 1 aromatic rings. The zero-order chi connectivity index (χ0) is 9.10. The van der Waals surface area contributed by atoms with E-state index < -0.39 is 0 Å². The third-order valence-electron chi connectivity index (χ3n) is 2.90. The fraction of sp³-hybridized carbons (Fsp3) is 0.500. The van der Waals surface area contributed by atoms with E-state index in [0.717, 1.165) is 5.92 Å². The van der Waals surface area contributed by atoms with Crippen molar-refractivity contribution in [1.29, 1.82) is 0 Å². The Hall–Kier alpha value is -0.820. The number of benzene rings is 1. The standard InChI is InChI=1S/C12H17N/c1-13-9-5-8-12(10-13)11-6-3-2-4-7-11/h2-4,6-7,12H,5,8-10H2,1H3/t12-/m1/s1. The molecular formula is C12H17N. The van der Waals surface area contributed by atoms with Gasteiger partial charge < -0.3 is 4.90 Å². The van der Waals surface area contributed by atoms with Gasteiger partial charge in [-0.2, -0.15) is 0 Å². The molecule has 0 saturated carbocycles. The highest BCUT2D eigenvalue weighted by Gasteiger charge is 2.17. The van der Waals surface area contributed by atoms with Gasteiger partial charge in [0.25, 0.3) is 0 Å². The topological polar surface area (TPSA) is 3.24 Å². The molecular weight excluding hydrogens is 158 g/mol. The molecule has 1 aliphatic rings. The van der Waals surface area contributed by atoms with E-state index >= 15 is 0 Å². The average Bonchev–Trinajstić information content (AvgIpc) is 2.19. The zero-order valence-electron chi connectivity index (χ0n) is 8.24. The molecule has 1 aliphatic heterocycles. The SMILES string of the molecule is CN1CCC[C@@H](c2ccccc2)C1. The van der Waals surface area contributed by atoms with Crippen molar-refractivity contribution in [3.05, 3.63) is 35.9 Å². The summed E-state index contributed by atoms with van der Waals surface area (Å²) in [5.41, 5.74) is 1.51. The Labute approximate surface area is 80.4 Å². The van der Waals surface area contributed by atoms with Gasteiger partial charge in [0.15, 0.2) is 0 Å². The summed E-state index contributed by atoms with van der Waals surface area (Å²) in [7, 11) is 2.22. The van der Waals surface area contributed by atoms with Crippen molar-refractivity contribution in [2.24, 2.45) is 0 Å². The summed E-state index contributed by atoms with van der Waals surface area (Å²) in [6, 6.07) is 10.9. The molecule has 0 spiro atoms. The fourth-order valence-corrected chi connectivity index (χ4v) is 2.16. The summed E-state index contributed by atoms with van der Waals surface area (Å²) >= 11 is 0. The molecule has 1 heterocycles. The Balaban J connectivity index is 2.08. The normalized spacial score (nSPS) is 24.5. The Morgan fingerprint density at radius 2 is 2.00 bits per heavy atom. The molecule has 1 fully saturated rings. The van der Waals surface area contributed by atoms with Crippen LogP contribution in [0, 0.1) is 0 Å². The molecule has 0 aromatic heterocycles. The first kappa shape index (κ1) is 8.76. The lowest BCUT2D eigenvalue weighted by Gasteiger charge is -2.29. The molecule has 0 aliphatic carbocycles. The number of likely N-dealkylation sites (N-methyl/N-ethyl adjacent to an activating group) is 1. The first-order chi connectivity index (χ1) is 6.36. The van der Waals surface area contributed by atoms with Crippen LogP contribution < -0.4 is 0 Å². The van der Waals surface area contributed by atoms with Crippen LogP contribution in [-0.4, -0.2) is 25.0 Å². The van der Waals surface area contributed by atoms with Gasteiger partial charge in [0.05, 0.1) is 0 Å². The molecule has 70 valence electrons. The minimum Gasteiger partial charge on any atom is -0.306 e. The van der Waals surface area contributed by atoms with Gasteiger partial charge in [0.2, 0.25) is 0 Å². The van der Waals surface area contributed by atoms with Crippen LogP contribution >= 0.6 is 0 Å². The molecule has 0 unspecified atom stereocenters. The van der Waals surface area contributed by atoms with Gasteiger partial charge in [-0.15, -0.1) is 0 Å². The van der Waals surface area contributed by atoms with Gasteiger partial charge in [-0.05, 0) is 37.9 Å². The van der Waals surface area contributed by atoms with Gasteiger partial charge in [-0.25, -0.2) is 0 Å². The van der Waals surface area contributed by atoms with E-state index in [4.69, 9.17) is 0 Å². The van der Waals surface area contributed by atoms with Crippen LogP contribution in [0.25, 0.3) is 0 Å². The second kappa shape index (κ2) is 3.93. The van der Waals surface area contributed by atoms with Crippen molar-refractivity contribution < 1.29 is 0 Å². The van der Waals surface area contributed by atoms with Gasteiger partial charge >= 0.3 is 0 Å². The molecule has 13 heavy (non-hydrogen) atoms. The predicted octanol–water partition coefficient (Wildman–Crippen LogP) is 2.50. The summed E-state index contributed by atoms with van der Waals surface area (Å²) in [6.07, 6.45) is 2.70. The predicted molar refractivity (Wildman–Crippen MR) is 55.9 cm³/mol. The molecule has 1 saturated heterocycles. The van der Waals surface area contributed by atoms with Crippen LogP contribution in [0.1, 0.15) is 24.3 Å². The minimum absolute atomic E-state index is 0.764. The third kappa shape index (κ3) is 2.10. The van der Waals surface area contributed by atoms with Crippen molar-refractivity contribution >= 4 is 0 Å². The van der Waals surface area contributed by atoms with Crippen LogP contribution in [0.3, 0.4) is 0 Å². The Morgan fingerprint density at radius 3 is 2.69 bits per heavy atom. The molecule has 1 nitrogen and oxygen atoms in total. The summed E-state index contributed by atoms with van der Waals surface area (Å²) in [6.45, 7) is 2.49. The number of piperidine rings is 1. The van der Waals surface area contributed by atoms with Gasteiger partial charge in [0, 0.05) is 6.54 Å². The summed E-state index contributed by atoms with van der Waals surface area (Å²) < 4.78 is 0. The van der Waals surface area contributed by atoms with E-state index in [0.29, 0.717) is 0 Å². The number of hydrogen-bond acceptors (Lipinski definition) is 1. The van der Waals surface area contributed by atoms with Gasteiger partial charge in [-0.1, -0.05) is 30.3 Å². The van der Waals surface area contributed by atoms with Crippen molar-refractivity contribution in [2.45, 2.75) is 18.8 Å². The highest BCUT2D eigenvalue weighted by Crippen LogP contribution is 2.25. The summed E-state index contributed by atoms with van der Waals surface area (Å²) in [5.74, 6) is 0.764. The van der Waals surface area contributed by atoms with Crippen LogP contribution in [0.5, 0.6) is 0 Å². The Morgan fingerprint density at radius 1 is 1.23 bits per heavy atom. The average molecular weight is 175 g/mol. The Bertz CT molecular complexity index is 255. The van der Waals surface area contributed by atoms with Crippen LogP contribution in [0.2, 0.25) is 0 Å². The van der Waals surface area contributed by atoms with E-state index in [2.05, 4.69) is 42.3 Å². The highest BCUT2D eigenvalue weighted by molar-refractivity contribution is 5.20. The maximum Gasteiger partial charge on any atom is 0.00472 e. The molecule has 0 N–H and O–H groups in total. The minimum atomic E-state index is 0.764.